The van der Waals surface area contributed by atoms with Gasteiger partial charge in [0.2, 0.25) is 11.6 Å². The monoisotopic (exact) mass is 284 g/mol. The fourth-order valence-electron chi connectivity index (χ4n) is 1.85. The van der Waals surface area contributed by atoms with Gasteiger partial charge in [-0.05, 0) is 37.5 Å². The lowest BCUT2D eigenvalue weighted by atomic mass is 10.1. The molecule has 0 aliphatic carbocycles. The molecule has 0 saturated heterocycles. The van der Waals surface area contributed by atoms with Crippen LogP contribution in [0.5, 0.6) is 11.5 Å². The number of rotatable bonds is 5. The van der Waals surface area contributed by atoms with Gasteiger partial charge >= 0.3 is 0 Å². The van der Waals surface area contributed by atoms with Crippen molar-refractivity contribution in [2.24, 2.45) is 5.92 Å². The van der Waals surface area contributed by atoms with Crippen LogP contribution in [0.25, 0.3) is 0 Å². The van der Waals surface area contributed by atoms with E-state index in [1.165, 1.54) is 12.1 Å². The van der Waals surface area contributed by atoms with Crippen LogP contribution in [0.4, 0.5) is 8.78 Å². The number of ether oxygens (including phenoxy) is 3. The molecule has 0 radical (unpaired) electrons. The van der Waals surface area contributed by atoms with E-state index in [0.29, 0.717) is 18.3 Å². The number of hydrogen-bond acceptors (Lipinski definition) is 3. The van der Waals surface area contributed by atoms with Crippen molar-refractivity contribution in [3.63, 3.8) is 0 Å². The Hall–Kier alpha value is -1.78. The molecule has 0 fully saturated rings. The van der Waals surface area contributed by atoms with Crippen LogP contribution in [0.1, 0.15) is 20.3 Å². The van der Waals surface area contributed by atoms with E-state index in [-0.39, 0.29) is 24.7 Å². The van der Waals surface area contributed by atoms with Gasteiger partial charge in [-0.3, -0.25) is 0 Å². The van der Waals surface area contributed by atoms with E-state index in [1.54, 1.807) is 6.92 Å². The summed E-state index contributed by atoms with van der Waals surface area (Å²) >= 11 is 0. The number of halogens is 2. The summed E-state index contributed by atoms with van der Waals surface area (Å²) in [6, 6.07) is 2.71. The molecule has 0 spiro atoms. The summed E-state index contributed by atoms with van der Waals surface area (Å²) in [5.74, 6) is -1.21. The average molecular weight is 284 g/mol. The molecule has 1 aromatic carbocycles. The maximum absolute atomic E-state index is 13.8. The molecule has 20 heavy (non-hydrogen) atoms. The van der Waals surface area contributed by atoms with Crippen LogP contribution in [0.3, 0.4) is 0 Å². The molecule has 0 N–H and O–H groups in total. The topological polar surface area (TPSA) is 27.7 Å². The first-order valence-corrected chi connectivity index (χ1v) is 6.67. The van der Waals surface area contributed by atoms with Crippen LogP contribution in [0, 0.1) is 17.6 Å². The molecule has 1 aliphatic rings. The zero-order chi connectivity index (χ0) is 14.5. The highest BCUT2D eigenvalue weighted by atomic mass is 19.2. The van der Waals surface area contributed by atoms with Gasteiger partial charge < -0.3 is 14.2 Å². The summed E-state index contributed by atoms with van der Waals surface area (Å²) < 4.78 is 43.1. The minimum Gasteiger partial charge on any atom is -0.494 e. The summed E-state index contributed by atoms with van der Waals surface area (Å²) in [6.45, 7) is 4.77. The third-order valence-electron chi connectivity index (χ3n) is 2.98. The Bertz CT molecular complexity index is 500. The lowest BCUT2D eigenvalue weighted by molar-refractivity contribution is 0.123. The Labute approximate surface area is 117 Å². The second kappa shape index (κ2) is 6.59. The summed E-state index contributed by atoms with van der Waals surface area (Å²) in [7, 11) is 0. The zero-order valence-electron chi connectivity index (χ0n) is 11.6. The molecular formula is C15H18F2O3. The molecule has 1 heterocycles. The summed E-state index contributed by atoms with van der Waals surface area (Å²) in [5, 5.41) is 0. The van der Waals surface area contributed by atoms with E-state index in [9.17, 15) is 8.78 Å². The fraction of sp³-hybridized carbons (Fsp3) is 0.467. The molecular weight excluding hydrogens is 266 g/mol. The molecule has 1 atom stereocenters. The second-order valence-electron chi connectivity index (χ2n) is 4.73. The van der Waals surface area contributed by atoms with Gasteiger partial charge in [0, 0.05) is 0 Å². The van der Waals surface area contributed by atoms with E-state index in [1.807, 2.05) is 6.08 Å². The van der Waals surface area contributed by atoms with E-state index >= 15 is 0 Å². The van der Waals surface area contributed by atoms with Crippen molar-refractivity contribution in [1.82, 2.24) is 0 Å². The largest absolute Gasteiger partial charge is 0.494 e. The average Bonchev–Trinajstić information content (AvgIpc) is 2.45. The highest BCUT2D eigenvalue weighted by Crippen LogP contribution is 2.28. The van der Waals surface area contributed by atoms with Gasteiger partial charge in [-0.2, -0.15) is 8.78 Å². The molecule has 110 valence electrons. The quantitative estimate of drug-likeness (QED) is 0.825. The molecule has 0 bridgehead atoms. The van der Waals surface area contributed by atoms with Crippen molar-refractivity contribution in [1.29, 1.82) is 0 Å². The Morgan fingerprint density at radius 2 is 1.85 bits per heavy atom. The third kappa shape index (κ3) is 3.40. The number of hydrogen-bond donors (Lipinski definition) is 0. The van der Waals surface area contributed by atoms with Gasteiger partial charge in [0.25, 0.3) is 0 Å². The Morgan fingerprint density at radius 3 is 2.40 bits per heavy atom. The first-order chi connectivity index (χ1) is 9.61. The van der Waals surface area contributed by atoms with Gasteiger partial charge in [0.05, 0.1) is 13.2 Å². The van der Waals surface area contributed by atoms with Crippen LogP contribution < -0.4 is 9.47 Å². The van der Waals surface area contributed by atoms with Crippen LogP contribution in [0.2, 0.25) is 0 Å². The van der Waals surface area contributed by atoms with Gasteiger partial charge in [0.15, 0.2) is 11.5 Å². The molecule has 2 rings (SSSR count). The van der Waals surface area contributed by atoms with Crippen molar-refractivity contribution in [2.45, 2.75) is 20.3 Å². The van der Waals surface area contributed by atoms with Crippen LogP contribution in [-0.4, -0.2) is 19.8 Å². The summed E-state index contributed by atoms with van der Waals surface area (Å²) in [6.07, 6.45) is 2.82. The van der Waals surface area contributed by atoms with Crippen molar-refractivity contribution >= 4 is 0 Å². The molecule has 3 nitrogen and oxygen atoms in total. The minimum absolute atomic E-state index is 0.0943. The second-order valence-corrected chi connectivity index (χ2v) is 4.73. The van der Waals surface area contributed by atoms with E-state index < -0.39 is 11.6 Å². The van der Waals surface area contributed by atoms with Gasteiger partial charge in [0.1, 0.15) is 12.4 Å². The Kier molecular flexibility index (Phi) is 4.82. The molecule has 0 saturated carbocycles. The highest BCUT2D eigenvalue weighted by Gasteiger charge is 2.17. The maximum atomic E-state index is 13.8. The van der Waals surface area contributed by atoms with Crippen molar-refractivity contribution in [2.75, 3.05) is 19.8 Å². The smallest absolute Gasteiger partial charge is 0.204 e. The zero-order valence-corrected chi connectivity index (χ0v) is 11.6. The third-order valence-corrected chi connectivity index (χ3v) is 2.98. The Morgan fingerprint density at radius 1 is 1.20 bits per heavy atom. The van der Waals surface area contributed by atoms with Gasteiger partial charge in [-0.15, -0.1) is 0 Å². The molecule has 1 aromatic rings. The van der Waals surface area contributed by atoms with Gasteiger partial charge in [-0.25, -0.2) is 0 Å². The normalized spacial score (nSPS) is 18.2. The Balaban J connectivity index is 2.01. The lowest BCUT2D eigenvalue weighted by Crippen LogP contribution is -2.15. The molecule has 0 aromatic heterocycles. The first-order valence-electron chi connectivity index (χ1n) is 6.67. The molecule has 0 amide bonds. The van der Waals surface area contributed by atoms with Crippen molar-refractivity contribution < 1.29 is 23.0 Å². The first kappa shape index (κ1) is 14.6. The van der Waals surface area contributed by atoms with Crippen LogP contribution >= 0.6 is 0 Å². The minimum atomic E-state index is -1.04. The molecule has 1 unspecified atom stereocenters. The van der Waals surface area contributed by atoms with Gasteiger partial charge in [-0.1, -0.05) is 6.92 Å². The van der Waals surface area contributed by atoms with Crippen LogP contribution in [0.15, 0.2) is 24.0 Å². The molecule has 1 aliphatic heterocycles. The van der Waals surface area contributed by atoms with Crippen LogP contribution in [-0.2, 0) is 4.74 Å². The maximum Gasteiger partial charge on any atom is 0.204 e. The fourth-order valence-corrected chi connectivity index (χ4v) is 1.85. The number of benzene rings is 1. The molecule has 5 heteroatoms. The summed E-state index contributed by atoms with van der Waals surface area (Å²) in [4.78, 5) is 0. The highest BCUT2D eigenvalue weighted by molar-refractivity contribution is 5.35. The SMILES string of the molecule is CCOc1ccc(OCC2=CCC(C)CO2)c(F)c1F. The summed E-state index contributed by atoms with van der Waals surface area (Å²) in [5.41, 5.74) is 0. The van der Waals surface area contributed by atoms with E-state index in [4.69, 9.17) is 14.2 Å². The van der Waals surface area contributed by atoms with Crippen molar-refractivity contribution in [3.05, 3.63) is 35.6 Å². The standard InChI is InChI=1S/C15H18F2O3/c1-3-18-12-6-7-13(15(17)14(12)16)20-9-11-5-4-10(2)8-19-11/h5-7,10H,3-4,8-9H2,1-2H3. The predicted molar refractivity (Wildman–Crippen MR) is 70.8 cm³/mol. The number of allylic oxidation sites excluding steroid dienone is 1. The van der Waals surface area contributed by atoms with E-state index in [0.717, 1.165) is 6.42 Å². The lowest BCUT2D eigenvalue weighted by Gasteiger charge is -2.20. The predicted octanol–water partition coefficient (Wildman–Crippen LogP) is 3.68. The van der Waals surface area contributed by atoms with Crippen molar-refractivity contribution in [3.8, 4) is 11.5 Å². The van der Waals surface area contributed by atoms with E-state index in [2.05, 4.69) is 6.92 Å².